The molecule has 0 saturated heterocycles. The number of hydrogen-bond donors (Lipinski definition) is 0. The standard InChI is InChI=1S/C23H17F2NO3/c1-26(13-14-5-4-6-16(11-14)29-23(24)25)22(28)15-9-10-18-17-7-2-3-8-19(17)21(27)20(18)12-15/h2-12,23H,13H2,1H3. The normalized spacial score (nSPS) is 11.9. The molecule has 146 valence electrons. The molecule has 0 fully saturated rings. The Hall–Kier alpha value is -3.54. The molecule has 0 spiro atoms. The Morgan fingerprint density at radius 3 is 2.41 bits per heavy atom. The van der Waals surface area contributed by atoms with Crippen LogP contribution in [0.3, 0.4) is 0 Å². The first-order valence-corrected chi connectivity index (χ1v) is 9.01. The minimum Gasteiger partial charge on any atom is -0.435 e. The van der Waals surface area contributed by atoms with Crippen LogP contribution in [0.2, 0.25) is 0 Å². The maximum atomic E-state index is 12.9. The predicted octanol–water partition coefficient (Wildman–Crippen LogP) is 4.77. The summed E-state index contributed by atoms with van der Waals surface area (Å²) in [5, 5.41) is 0. The van der Waals surface area contributed by atoms with E-state index in [-0.39, 0.29) is 24.0 Å². The van der Waals surface area contributed by atoms with Crippen molar-refractivity contribution in [3.63, 3.8) is 0 Å². The summed E-state index contributed by atoms with van der Waals surface area (Å²) < 4.78 is 29.2. The Kier molecular flexibility index (Phi) is 4.84. The highest BCUT2D eigenvalue weighted by Gasteiger charge is 2.27. The molecule has 6 heteroatoms. The lowest BCUT2D eigenvalue weighted by Gasteiger charge is -2.18. The number of nitrogens with zero attached hydrogens (tertiary/aromatic N) is 1. The van der Waals surface area contributed by atoms with Crippen molar-refractivity contribution in [1.29, 1.82) is 0 Å². The van der Waals surface area contributed by atoms with Gasteiger partial charge in [0.2, 0.25) is 0 Å². The summed E-state index contributed by atoms with van der Waals surface area (Å²) in [6, 6.07) is 18.7. The highest BCUT2D eigenvalue weighted by molar-refractivity contribution is 6.22. The number of alkyl halides is 2. The van der Waals surface area contributed by atoms with Crippen LogP contribution in [0.4, 0.5) is 8.78 Å². The van der Waals surface area contributed by atoms with Gasteiger partial charge in [0.05, 0.1) is 0 Å². The predicted molar refractivity (Wildman–Crippen MR) is 104 cm³/mol. The zero-order valence-electron chi connectivity index (χ0n) is 15.6. The topological polar surface area (TPSA) is 46.6 Å². The van der Waals surface area contributed by atoms with Crippen molar-refractivity contribution in [2.75, 3.05) is 7.05 Å². The lowest BCUT2D eigenvalue weighted by Crippen LogP contribution is -2.26. The summed E-state index contributed by atoms with van der Waals surface area (Å²) >= 11 is 0. The third-order valence-electron chi connectivity index (χ3n) is 4.86. The average molecular weight is 393 g/mol. The molecule has 3 aromatic rings. The van der Waals surface area contributed by atoms with E-state index in [1.54, 1.807) is 43.4 Å². The zero-order valence-corrected chi connectivity index (χ0v) is 15.6. The van der Waals surface area contributed by atoms with E-state index in [1.165, 1.54) is 17.0 Å². The molecule has 1 aliphatic carbocycles. The van der Waals surface area contributed by atoms with Gasteiger partial charge in [0.25, 0.3) is 5.91 Å². The van der Waals surface area contributed by atoms with Gasteiger partial charge in [0, 0.05) is 30.3 Å². The SMILES string of the molecule is CN(Cc1cccc(OC(F)F)c1)C(=O)c1ccc2c(c1)C(=O)c1ccccc1-2. The van der Waals surface area contributed by atoms with Gasteiger partial charge in [-0.05, 0) is 41.0 Å². The molecule has 4 rings (SSSR count). The quantitative estimate of drug-likeness (QED) is 0.491. The fraction of sp³-hybridized carbons (Fsp3) is 0.130. The van der Waals surface area contributed by atoms with Crippen LogP contribution in [0.15, 0.2) is 66.7 Å². The first kappa shape index (κ1) is 18.8. The van der Waals surface area contributed by atoms with Gasteiger partial charge in [-0.1, -0.05) is 42.5 Å². The molecule has 0 heterocycles. The van der Waals surface area contributed by atoms with E-state index >= 15 is 0 Å². The van der Waals surface area contributed by atoms with E-state index in [9.17, 15) is 18.4 Å². The maximum absolute atomic E-state index is 12.9. The second-order valence-corrected chi connectivity index (χ2v) is 6.82. The maximum Gasteiger partial charge on any atom is 0.387 e. The van der Waals surface area contributed by atoms with Crippen molar-refractivity contribution in [3.05, 3.63) is 89.0 Å². The van der Waals surface area contributed by atoms with Gasteiger partial charge < -0.3 is 9.64 Å². The Bertz CT molecular complexity index is 1110. The number of benzene rings is 3. The number of carbonyl (C=O) groups is 2. The molecule has 29 heavy (non-hydrogen) atoms. The molecule has 0 bridgehead atoms. The van der Waals surface area contributed by atoms with Crippen molar-refractivity contribution >= 4 is 11.7 Å². The van der Waals surface area contributed by atoms with Crippen LogP contribution in [0.1, 0.15) is 31.8 Å². The molecule has 0 aromatic heterocycles. The van der Waals surface area contributed by atoms with Crippen LogP contribution in [-0.2, 0) is 6.54 Å². The van der Waals surface area contributed by atoms with E-state index in [1.807, 2.05) is 18.2 Å². The van der Waals surface area contributed by atoms with Crippen LogP contribution in [0, 0.1) is 0 Å². The molecule has 0 saturated carbocycles. The fourth-order valence-corrected chi connectivity index (χ4v) is 3.55. The Labute approximate surface area is 166 Å². The number of rotatable bonds is 5. The summed E-state index contributed by atoms with van der Waals surface area (Å²) in [5.41, 5.74) is 3.89. The number of hydrogen-bond acceptors (Lipinski definition) is 3. The second-order valence-electron chi connectivity index (χ2n) is 6.82. The van der Waals surface area contributed by atoms with Gasteiger partial charge in [0.15, 0.2) is 5.78 Å². The summed E-state index contributed by atoms with van der Waals surface area (Å²) in [5.74, 6) is -0.319. The number of ether oxygens (including phenoxy) is 1. The van der Waals surface area contributed by atoms with E-state index in [0.29, 0.717) is 22.3 Å². The minimum absolute atomic E-state index is 0.0410. The summed E-state index contributed by atoms with van der Waals surface area (Å²) in [6.07, 6.45) is 0. The Morgan fingerprint density at radius 1 is 0.931 bits per heavy atom. The lowest BCUT2D eigenvalue weighted by atomic mass is 10.0. The van der Waals surface area contributed by atoms with Crippen LogP contribution in [0.5, 0.6) is 5.75 Å². The van der Waals surface area contributed by atoms with Crippen LogP contribution in [-0.4, -0.2) is 30.2 Å². The first-order chi connectivity index (χ1) is 13.9. The highest BCUT2D eigenvalue weighted by Crippen LogP contribution is 2.36. The molecule has 1 amide bonds. The van der Waals surface area contributed by atoms with Crippen molar-refractivity contribution in [2.24, 2.45) is 0 Å². The summed E-state index contributed by atoms with van der Waals surface area (Å²) in [7, 11) is 1.62. The van der Waals surface area contributed by atoms with Gasteiger partial charge in [-0.25, -0.2) is 0 Å². The van der Waals surface area contributed by atoms with Crippen LogP contribution < -0.4 is 4.74 Å². The third kappa shape index (κ3) is 3.61. The molecular weight excluding hydrogens is 376 g/mol. The molecule has 0 atom stereocenters. The van der Waals surface area contributed by atoms with Crippen molar-refractivity contribution < 1.29 is 23.1 Å². The average Bonchev–Trinajstić information content (AvgIpc) is 2.99. The van der Waals surface area contributed by atoms with Crippen LogP contribution >= 0.6 is 0 Å². The van der Waals surface area contributed by atoms with Gasteiger partial charge in [-0.15, -0.1) is 0 Å². The van der Waals surface area contributed by atoms with E-state index in [4.69, 9.17) is 0 Å². The van der Waals surface area contributed by atoms with Gasteiger partial charge in [0.1, 0.15) is 5.75 Å². The van der Waals surface area contributed by atoms with Crippen molar-refractivity contribution in [1.82, 2.24) is 4.90 Å². The van der Waals surface area contributed by atoms with Gasteiger partial charge in [-0.2, -0.15) is 8.78 Å². The van der Waals surface area contributed by atoms with Gasteiger partial charge >= 0.3 is 6.61 Å². The second kappa shape index (κ2) is 7.47. The van der Waals surface area contributed by atoms with E-state index in [0.717, 1.165) is 11.1 Å². The van der Waals surface area contributed by atoms with E-state index in [2.05, 4.69) is 4.74 Å². The Balaban J connectivity index is 1.54. The zero-order chi connectivity index (χ0) is 20.5. The van der Waals surface area contributed by atoms with Crippen LogP contribution in [0.25, 0.3) is 11.1 Å². The van der Waals surface area contributed by atoms with E-state index < -0.39 is 6.61 Å². The fourth-order valence-electron chi connectivity index (χ4n) is 3.55. The molecule has 1 aliphatic rings. The lowest BCUT2D eigenvalue weighted by molar-refractivity contribution is -0.0499. The smallest absolute Gasteiger partial charge is 0.387 e. The molecular formula is C23H17F2NO3. The molecule has 3 aromatic carbocycles. The van der Waals surface area contributed by atoms with Gasteiger partial charge in [-0.3, -0.25) is 9.59 Å². The summed E-state index contributed by atoms with van der Waals surface area (Å²) in [6.45, 7) is -2.69. The molecule has 4 nitrogen and oxygen atoms in total. The number of ketones is 1. The highest BCUT2D eigenvalue weighted by atomic mass is 19.3. The number of amides is 1. The Morgan fingerprint density at radius 2 is 1.66 bits per heavy atom. The molecule has 0 unspecified atom stereocenters. The molecule has 0 radical (unpaired) electrons. The number of carbonyl (C=O) groups excluding carboxylic acids is 2. The summed E-state index contributed by atoms with van der Waals surface area (Å²) in [4.78, 5) is 27.0. The number of halogens is 2. The monoisotopic (exact) mass is 393 g/mol. The van der Waals surface area contributed by atoms with Crippen molar-refractivity contribution in [3.8, 4) is 16.9 Å². The molecule has 0 N–H and O–H groups in total. The molecule has 0 aliphatic heterocycles. The first-order valence-electron chi connectivity index (χ1n) is 9.01. The number of fused-ring (bicyclic) bond motifs is 3. The third-order valence-corrected chi connectivity index (χ3v) is 4.86. The minimum atomic E-state index is -2.90. The van der Waals surface area contributed by atoms with Crippen molar-refractivity contribution in [2.45, 2.75) is 13.2 Å². The largest absolute Gasteiger partial charge is 0.435 e.